The topological polar surface area (TPSA) is 52.3 Å². The summed E-state index contributed by atoms with van der Waals surface area (Å²) in [6.45, 7) is 10.6. The number of carbonyl (C=O) groups excluding carboxylic acids is 1. The second-order valence-electron chi connectivity index (χ2n) is 5.95. The summed E-state index contributed by atoms with van der Waals surface area (Å²) in [7, 11) is 0. The summed E-state index contributed by atoms with van der Waals surface area (Å²) in [6.07, 6.45) is 3.60. The van der Waals surface area contributed by atoms with Crippen LogP contribution in [0, 0.1) is 11.3 Å². The summed E-state index contributed by atoms with van der Waals surface area (Å²) >= 11 is 0. The fourth-order valence-corrected chi connectivity index (χ4v) is 1.25. The van der Waals surface area contributed by atoms with Crippen LogP contribution in [-0.4, -0.2) is 18.6 Å². The van der Waals surface area contributed by atoms with Gasteiger partial charge in [0.05, 0.1) is 0 Å². The third-order valence-corrected chi connectivity index (χ3v) is 2.72. The minimum Gasteiger partial charge on any atom is -0.361 e. The zero-order valence-electron chi connectivity index (χ0n) is 11.4. The molecular weight excluding hydrogens is 202 g/mol. The molecule has 1 unspecified atom stereocenters. The number of carbonyl (C=O) groups is 1. The maximum Gasteiger partial charge on any atom is 0.125 e. The first-order chi connectivity index (χ1) is 7.18. The summed E-state index contributed by atoms with van der Waals surface area (Å²) in [5.41, 5.74) is 5.15. The molecule has 0 aromatic heterocycles. The highest BCUT2D eigenvalue weighted by atomic mass is 16.5. The average molecular weight is 229 g/mol. The number of hydrogen-bond donors (Lipinski definition) is 1. The third kappa shape index (κ3) is 7.83. The van der Waals surface area contributed by atoms with Crippen LogP contribution in [-0.2, 0) is 9.53 Å². The standard InChI is InChI=1S/C13H27NO2/c1-11(2)6-7-13(5,14)16-9-8-12(3,4)10-15/h10-11H,6-9,14H2,1-5H3. The Balaban J connectivity index is 3.86. The zero-order chi connectivity index (χ0) is 12.8. The maximum absolute atomic E-state index is 10.7. The molecule has 0 fully saturated rings. The molecule has 0 aliphatic carbocycles. The highest BCUT2D eigenvalue weighted by molar-refractivity contribution is 5.57. The summed E-state index contributed by atoms with van der Waals surface area (Å²) < 4.78 is 5.64. The molecule has 3 heteroatoms. The predicted molar refractivity (Wildman–Crippen MR) is 67.1 cm³/mol. The monoisotopic (exact) mass is 229 g/mol. The van der Waals surface area contributed by atoms with Gasteiger partial charge in [-0.05, 0) is 32.1 Å². The summed E-state index contributed by atoms with van der Waals surface area (Å²) in [5.74, 6) is 0.637. The van der Waals surface area contributed by atoms with Crippen LogP contribution in [0.2, 0.25) is 0 Å². The van der Waals surface area contributed by atoms with Crippen molar-refractivity contribution >= 4 is 6.29 Å². The van der Waals surface area contributed by atoms with Crippen LogP contribution < -0.4 is 5.73 Å². The van der Waals surface area contributed by atoms with Crippen molar-refractivity contribution in [2.75, 3.05) is 6.61 Å². The molecule has 0 aliphatic rings. The van der Waals surface area contributed by atoms with E-state index in [1.165, 1.54) is 0 Å². The minimum atomic E-state index is -0.566. The Bertz CT molecular complexity index is 210. The second kappa shape index (κ2) is 6.36. The van der Waals surface area contributed by atoms with Crippen LogP contribution in [0.1, 0.15) is 53.9 Å². The van der Waals surface area contributed by atoms with Crippen molar-refractivity contribution in [3.05, 3.63) is 0 Å². The first-order valence-corrected chi connectivity index (χ1v) is 6.08. The van der Waals surface area contributed by atoms with E-state index in [9.17, 15) is 4.79 Å². The molecule has 16 heavy (non-hydrogen) atoms. The van der Waals surface area contributed by atoms with E-state index in [0.29, 0.717) is 18.9 Å². The molecule has 1 atom stereocenters. The summed E-state index contributed by atoms with van der Waals surface area (Å²) in [6, 6.07) is 0. The van der Waals surface area contributed by atoms with Crippen molar-refractivity contribution in [1.29, 1.82) is 0 Å². The van der Waals surface area contributed by atoms with Gasteiger partial charge in [-0.2, -0.15) is 0 Å². The molecule has 0 saturated carbocycles. The molecule has 0 spiro atoms. The first-order valence-electron chi connectivity index (χ1n) is 6.08. The van der Waals surface area contributed by atoms with Gasteiger partial charge in [-0.3, -0.25) is 0 Å². The van der Waals surface area contributed by atoms with Gasteiger partial charge in [-0.25, -0.2) is 0 Å². The minimum absolute atomic E-state index is 0.311. The van der Waals surface area contributed by atoms with Crippen molar-refractivity contribution in [3.8, 4) is 0 Å². The van der Waals surface area contributed by atoms with Crippen molar-refractivity contribution in [2.45, 2.75) is 59.6 Å². The van der Waals surface area contributed by atoms with Crippen LogP contribution in [0.3, 0.4) is 0 Å². The van der Waals surface area contributed by atoms with E-state index in [1.54, 1.807) is 0 Å². The molecule has 0 rings (SSSR count). The first kappa shape index (κ1) is 15.6. The van der Waals surface area contributed by atoms with Gasteiger partial charge in [-0.15, -0.1) is 0 Å². The smallest absolute Gasteiger partial charge is 0.125 e. The SMILES string of the molecule is CC(C)CCC(C)(N)OCCC(C)(C)C=O. The molecule has 96 valence electrons. The fourth-order valence-electron chi connectivity index (χ4n) is 1.25. The van der Waals surface area contributed by atoms with Crippen LogP contribution in [0.25, 0.3) is 0 Å². The van der Waals surface area contributed by atoms with Gasteiger partial charge in [0.25, 0.3) is 0 Å². The molecular formula is C13H27NO2. The lowest BCUT2D eigenvalue weighted by Gasteiger charge is -2.27. The Morgan fingerprint density at radius 3 is 2.25 bits per heavy atom. The molecule has 0 radical (unpaired) electrons. The highest BCUT2D eigenvalue weighted by Crippen LogP contribution is 2.20. The van der Waals surface area contributed by atoms with Crippen molar-refractivity contribution < 1.29 is 9.53 Å². The van der Waals surface area contributed by atoms with Gasteiger partial charge in [0.15, 0.2) is 0 Å². The van der Waals surface area contributed by atoms with Gasteiger partial charge in [0.1, 0.15) is 12.0 Å². The van der Waals surface area contributed by atoms with E-state index in [4.69, 9.17) is 10.5 Å². The van der Waals surface area contributed by atoms with Gasteiger partial charge in [0.2, 0.25) is 0 Å². The van der Waals surface area contributed by atoms with E-state index in [0.717, 1.165) is 19.1 Å². The van der Waals surface area contributed by atoms with E-state index in [-0.39, 0.29) is 5.41 Å². The van der Waals surface area contributed by atoms with Gasteiger partial charge in [-0.1, -0.05) is 27.7 Å². The number of hydrogen-bond acceptors (Lipinski definition) is 3. The van der Waals surface area contributed by atoms with Crippen molar-refractivity contribution in [3.63, 3.8) is 0 Å². The quantitative estimate of drug-likeness (QED) is 0.514. The predicted octanol–water partition coefficient (Wildman–Crippen LogP) is 2.73. The van der Waals surface area contributed by atoms with Crippen LogP contribution >= 0.6 is 0 Å². The largest absolute Gasteiger partial charge is 0.361 e. The average Bonchev–Trinajstić information content (AvgIpc) is 2.14. The second-order valence-corrected chi connectivity index (χ2v) is 5.95. The molecule has 0 aromatic carbocycles. The third-order valence-electron chi connectivity index (χ3n) is 2.72. The molecule has 3 nitrogen and oxygen atoms in total. The fraction of sp³-hybridized carbons (Fsp3) is 0.923. The van der Waals surface area contributed by atoms with E-state index < -0.39 is 5.72 Å². The highest BCUT2D eigenvalue weighted by Gasteiger charge is 2.22. The Labute approximate surface area is 99.7 Å². The van der Waals surface area contributed by atoms with Crippen LogP contribution in [0.15, 0.2) is 0 Å². The lowest BCUT2D eigenvalue weighted by atomic mass is 9.92. The lowest BCUT2D eigenvalue weighted by Crippen LogP contribution is -2.40. The normalized spacial score (nSPS) is 16.2. The van der Waals surface area contributed by atoms with Crippen molar-refractivity contribution in [1.82, 2.24) is 0 Å². The number of ether oxygens (including phenoxy) is 1. The lowest BCUT2D eigenvalue weighted by molar-refractivity contribution is -0.117. The van der Waals surface area contributed by atoms with Gasteiger partial charge >= 0.3 is 0 Å². The molecule has 2 N–H and O–H groups in total. The summed E-state index contributed by atoms with van der Waals surface area (Å²) in [5, 5.41) is 0. The van der Waals surface area contributed by atoms with Crippen LogP contribution in [0.5, 0.6) is 0 Å². The Kier molecular flexibility index (Phi) is 6.19. The molecule has 0 heterocycles. The number of rotatable bonds is 8. The molecule has 0 bridgehead atoms. The maximum atomic E-state index is 10.7. The van der Waals surface area contributed by atoms with E-state index >= 15 is 0 Å². The van der Waals surface area contributed by atoms with E-state index in [2.05, 4.69) is 13.8 Å². The number of nitrogens with two attached hydrogens (primary N) is 1. The molecule has 0 amide bonds. The van der Waals surface area contributed by atoms with Gasteiger partial charge < -0.3 is 15.3 Å². The molecule has 0 aromatic rings. The molecule has 0 aliphatic heterocycles. The van der Waals surface area contributed by atoms with E-state index in [1.807, 2.05) is 20.8 Å². The van der Waals surface area contributed by atoms with Crippen LogP contribution in [0.4, 0.5) is 0 Å². The van der Waals surface area contributed by atoms with Crippen molar-refractivity contribution in [2.24, 2.45) is 17.1 Å². The Morgan fingerprint density at radius 1 is 1.25 bits per heavy atom. The van der Waals surface area contributed by atoms with Gasteiger partial charge in [0, 0.05) is 12.0 Å². The Hall–Kier alpha value is -0.410. The number of aldehydes is 1. The summed E-state index contributed by atoms with van der Waals surface area (Å²) in [4.78, 5) is 10.7. The molecule has 0 saturated heterocycles. The Morgan fingerprint density at radius 2 is 1.81 bits per heavy atom. The zero-order valence-corrected chi connectivity index (χ0v) is 11.4.